The van der Waals surface area contributed by atoms with Gasteiger partial charge in [0, 0.05) is 19.6 Å². The fourth-order valence-electron chi connectivity index (χ4n) is 1.85. The van der Waals surface area contributed by atoms with Crippen LogP contribution in [0.15, 0.2) is 35.3 Å². The first-order valence-corrected chi connectivity index (χ1v) is 6.98. The van der Waals surface area contributed by atoms with E-state index in [0.717, 1.165) is 12.8 Å². The van der Waals surface area contributed by atoms with Crippen LogP contribution >= 0.6 is 24.0 Å². The average molecular weight is 429 g/mol. The van der Waals surface area contributed by atoms with E-state index in [1.165, 1.54) is 5.56 Å². The van der Waals surface area contributed by atoms with Crippen molar-refractivity contribution in [3.8, 4) is 0 Å². The molecule has 0 aliphatic carbocycles. The molecule has 0 saturated heterocycles. The molecule has 22 heavy (non-hydrogen) atoms. The van der Waals surface area contributed by atoms with Crippen molar-refractivity contribution in [1.29, 1.82) is 0 Å². The van der Waals surface area contributed by atoms with E-state index in [2.05, 4.69) is 27.8 Å². The minimum Gasteiger partial charge on any atom is -0.356 e. The van der Waals surface area contributed by atoms with Crippen molar-refractivity contribution < 1.29 is 13.2 Å². The van der Waals surface area contributed by atoms with E-state index in [0.29, 0.717) is 5.96 Å². The third-order valence-electron chi connectivity index (χ3n) is 3.02. The predicted octanol–water partition coefficient (Wildman–Crippen LogP) is 3.74. The lowest BCUT2D eigenvalue weighted by Crippen LogP contribution is -2.43. The second-order valence-corrected chi connectivity index (χ2v) is 4.93. The Morgan fingerprint density at radius 1 is 1.23 bits per heavy atom. The van der Waals surface area contributed by atoms with Gasteiger partial charge in [0.05, 0.1) is 6.42 Å². The summed E-state index contributed by atoms with van der Waals surface area (Å²) in [6, 6.07) is 10.2. The molecule has 0 saturated carbocycles. The number of nitrogens with one attached hydrogen (secondary N) is 2. The van der Waals surface area contributed by atoms with Crippen LogP contribution in [0, 0.1) is 0 Å². The SMILES string of the molecule is CN=C(NCCC(F)(F)F)NC(C)CCc1ccccc1.I. The fraction of sp³-hybridized carbons (Fsp3) is 0.533. The van der Waals surface area contributed by atoms with E-state index in [4.69, 9.17) is 0 Å². The normalized spacial score (nSPS) is 13.2. The van der Waals surface area contributed by atoms with E-state index < -0.39 is 12.6 Å². The van der Waals surface area contributed by atoms with Crippen molar-refractivity contribution >= 4 is 29.9 Å². The van der Waals surface area contributed by atoms with Crippen molar-refractivity contribution in [3.05, 3.63) is 35.9 Å². The molecular weight excluding hydrogens is 406 g/mol. The zero-order valence-corrected chi connectivity index (χ0v) is 15.1. The smallest absolute Gasteiger partial charge is 0.356 e. The van der Waals surface area contributed by atoms with Gasteiger partial charge in [-0.2, -0.15) is 13.2 Å². The molecule has 1 rings (SSSR count). The van der Waals surface area contributed by atoms with Crippen LogP contribution in [0.5, 0.6) is 0 Å². The number of aliphatic imine (C=N–C) groups is 1. The molecule has 1 atom stereocenters. The zero-order chi connectivity index (χ0) is 15.7. The van der Waals surface area contributed by atoms with Gasteiger partial charge < -0.3 is 10.6 Å². The lowest BCUT2D eigenvalue weighted by Gasteiger charge is -2.18. The van der Waals surface area contributed by atoms with Crippen molar-refractivity contribution in [2.24, 2.45) is 4.99 Å². The van der Waals surface area contributed by atoms with Crippen LogP contribution < -0.4 is 10.6 Å². The Labute approximate surface area is 146 Å². The Hall–Kier alpha value is -0.990. The highest BCUT2D eigenvalue weighted by molar-refractivity contribution is 14.0. The molecule has 1 aromatic carbocycles. The number of nitrogens with zero attached hydrogens (tertiary/aromatic N) is 1. The topological polar surface area (TPSA) is 36.4 Å². The van der Waals surface area contributed by atoms with Crippen LogP contribution in [0.1, 0.15) is 25.3 Å². The number of alkyl halides is 3. The summed E-state index contributed by atoms with van der Waals surface area (Å²) >= 11 is 0. The van der Waals surface area contributed by atoms with Gasteiger partial charge in [0.25, 0.3) is 0 Å². The summed E-state index contributed by atoms with van der Waals surface area (Å²) in [5.41, 5.74) is 1.24. The van der Waals surface area contributed by atoms with E-state index >= 15 is 0 Å². The zero-order valence-electron chi connectivity index (χ0n) is 12.8. The van der Waals surface area contributed by atoms with E-state index in [-0.39, 0.29) is 36.6 Å². The highest BCUT2D eigenvalue weighted by Crippen LogP contribution is 2.18. The highest BCUT2D eigenvalue weighted by atomic mass is 127. The number of aryl methyl sites for hydroxylation is 1. The van der Waals surface area contributed by atoms with Gasteiger partial charge in [-0.15, -0.1) is 24.0 Å². The summed E-state index contributed by atoms with van der Waals surface area (Å²) in [5, 5.41) is 5.77. The van der Waals surface area contributed by atoms with Crippen LogP contribution in [-0.2, 0) is 6.42 Å². The van der Waals surface area contributed by atoms with Gasteiger partial charge in [-0.05, 0) is 25.3 Å². The largest absolute Gasteiger partial charge is 0.390 e. The Balaban J connectivity index is 0.00000441. The number of benzene rings is 1. The Kier molecular flexibility index (Phi) is 10.2. The predicted molar refractivity (Wildman–Crippen MR) is 94.8 cm³/mol. The second kappa shape index (κ2) is 10.7. The van der Waals surface area contributed by atoms with Gasteiger partial charge >= 0.3 is 6.18 Å². The number of hydrogen-bond acceptors (Lipinski definition) is 1. The van der Waals surface area contributed by atoms with Gasteiger partial charge in [0.1, 0.15) is 0 Å². The lowest BCUT2D eigenvalue weighted by molar-refractivity contribution is -0.132. The van der Waals surface area contributed by atoms with Crippen molar-refractivity contribution in [1.82, 2.24) is 10.6 Å². The maximum Gasteiger partial charge on any atom is 0.390 e. The molecule has 0 aliphatic rings. The molecule has 2 N–H and O–H groups in total. The summed E-state index contributed by atoms with van der Waals surface area (Å²) in [4.78, 5) is 3.93. The Morgan fingerprint density at radius 2 is 1.86 bits per heavy atom. The van der Waals surface area contributed by atoms with Crippen LogP contribution in [0.25, 0.3) is 0 Å². The van der Waals surface area contributed by atoms with Gasteiger partial charge in [-0.25, -0.2) is 0 Å². The van der Waals surface area contributed by atoms with Crippen LogP contribution in [0.2, 0.25) is 0 Å². The molecule has 0 heterocycles. The summed E-state index contributed by atoms with van der Waals surface area (Å²) < 4.78 is 36.2. The quantitative estimate of drug-likeness (QED) is 0.411. The van der Waals surface area contributed by atoms with Gasteiger partial charge in [0.15, 0.2) is 5.96 Å². The monoisotopic (exact) mass is 429 g/mol. The van der Waals surface area contributed by atoms with E-state index in [1.807, 2.05) is 25.1 Å². The average Bonchev–Trinajstić information content (AvgIpc) is 2.44. The summed E-state index contributed by atoms with van der Waals surface area (Å²) in [6.45, 7) is 1.81. The number of guanidine groups is 1. The molecule has 0 radical (unpaired) electrons. The number of halogens is 4. The summed E-state index contributed by atoms with van der Waals surface area (Å²) in [6.07, 6.45) is -3.23. The molecule has 126 valence electrons. The maximum absolute atomic E-state index is 12.1. The van der Waals surface area contributed by atoms with Gasteiger partial charge in [0.2, 0.25) is 0 Å². The van der Waals surface area contributed by atoms with Gasteiger partial charge in [-0.1, -0.05) is 30.3 Å². The Morgan fingerprint density at radius 3 is 2.41 bits per heavy atom. The third-order valence-corrected chi connectivity index (χ3v) is 3.02. The second-order valence-electron chi connectivity index (χ2n) is 4.93. The molecule has 0 fully saturated rings. The van der Waals surface area contributed by atoms with Crippen molar-refractivity contribution in [2.75, 3.05) is 13.6 Å². The number of rotatable bonds is 6. The molecule has 1 aromatic rings. The van der Waals surface area contributed by atoms with Crippen molar-refractivity contribution in [3.63, 3.8) is 0 Å². The highest BCUT2D eigenvalue weighted by Gasteiger charge is 2.26. The summed E-state index contributed by atoms with van der Waals surface area (Å²) in [5.74, 6) is 0.403. The first-order chi connectivity index (χ1) is 9.90. The molecular formula is C15H23F3IN3. The molecule has 0 aromatic heterocycles. The number of hydrogen-bond donors (Lipinski definition) is 2. The lowest BCUT2D eigenvalue weighted by atomic mass is 10.1. The minimum atomic E-state index is -4.15. The van der Waals surface area contributed by atoms with Gasteiger partial charge in [-0.3, -0.25) is 4.99 Å². The standard InChI is InChI=1S/C15H22F3N3.HI/c1-12(8-9-13-6-4-3-5-7-13)21-14(19-2)20-11-10-15(16,17)18;/h3-7,12H,8-11H2,1-2H3,(H2,19,20,21);1H. The molecule has 0 aliphatic heterocycles. The van der Waals surface area contributed by atoms with E-state index in [9.17, 15) is 13.2 Å². The van der Waals surface area contributed by atoms with Crippen LogP contribution in [0.3, 0.4) is 0 Å². The molecule has 0 spiro atoms. The fourth-order valence-corrected chi connectivity index (χ4v) is 1.85. The molecule has 0 bridgehead atoms. The molecule has 3 nitrogen and oxygen atoms in total. The van der Waals surface area contributed by atoms with E-state index in [1.54, 1.807) is 7.05 Å². The summed E-state index contributed by atoms with van der Waals surface area (Å²) in [7, 11) is 1.55. The molecule has 7 heteroatoms. The molecule has 0 amide bonds. The Bertz CT molecular complexity index is 435. The van der Waals surface area contributed by atoms with Crippen LogP contribution in [0.4, 0.5) is 13.2 Å². The van der Waals surface area contributed by atoms with Crippen LogP contribution in [-0.4, -0.2) is 31.8 Å². The third kappa shape index (κ3) is 9.86. The first-order valence-electron chi connectivity index (χ1n) is 6.98. The minimum absolute atomic E-state index is 0. The first kappa shape index (κ1) is 21.0. The maximum atomic E-state index is 12.1. The molecule has 1 unspecified atom stereocenters. The van der Waals surface area contributed by atoms with Crippen molar-refractivity contribution in [2.45, 2.75) is 38.4 Å².